The number of anilines is 1. The van der Waals surface area contributed by atoms with Crippen molar-refractivity contribution in [2.75, 3.05) is 32.1 Å². The maximum Gasteiger partial charge on any atom is 0.264 e. The first kappa shape index (κ1) is 29.8. The van der Waals surface area contributed by atoms with Gasteiger partial charge in [-0.25, -0.2) is 8.42 Å². The van der Waals surface area contributed by atoms with Gasteiger partial charge < -0.3 is 19.7 Å². The molecule has 0 saturated carbocycles. The van der Waals surface area contributed by atoms with Crippen LogP contribution >= 0.6 is 11.6 Å². The van der Waals surface area contributed by atoms with Crippen LogP contribution < -0.4 is 19.1 Å². The molecule has 0 aliphatic rings. The lowest BCUT2D eigenvalue weighted by atomic mass is 10.1. The molecule has 3 rings (SSSR count). The van der Waals surface area contributed by atoms with E-state index in [1.54, 1.807) is 56.5 Å². The number of hydrogen-bond donors (Lipinski definition) is 1. The second-order valence-corrected chi connectivity index (χ2v) is 11.1. The van der Waals surface area contributed by atoms with Crippen LogP contribution in [0.5, 0.6) is 11.5 Å². The number of carbonyl (C=O) groups is 2. The lowest BCUT2D eigenvalue weighted by Crippen LogP contribution is -2.50. The van der Waals surface area contributed by atoms with Crippen molar-refractivity contribution < 1.29 is 27.5 Å². The number of likely N-dealkylation sites (N-methyl/N-ethyl adjacent to an activating group) is 1. The van der Waals surface area contributed by atoms with Gasteiger partial charge in [-0.2, -0.15) is 0 Å². The number of nitrogens with one attached hydrogen (secondary N) is 1. The van der Waals surface area contributed by atoms with Gasteiger partial charge in [0.05, 0.1) is 24.8 Å². The van der Waals surface area contributed by atoms with Crippen LogP contribution in [-0.4, -0.2) is 59.0 Å². The summed E-state index contributed by atoms with van der Waals surface area (Å²) >= 11 is 6.24. The molecule has 39 heavy (non-hydrogen) atoms. The Labute approximate surface area is 234 Å². The van der Waals surface area contributed by atoms with Gasteiger partial charge in [-0.1, -0.05) is 41.4 Å². The number of nitrogens with zero attached hydrogens (tertiary/aromatic N) is 2. The molecular weight excluding hydrogens is 542 g/mol. The first-order valence-electron chi connectivity index (χ1n) is 12.1. The summed E-state index contributed by atoms with van der Waals surface area (Å²) in [5.41, 5.74) is 1.70. The van der Waals surface area contributed by atoms with E-state index >= 15 is 0 Å². The maximum absolute atomic E-state index is 13.9. The molecule has 3 aromatic carbocycles. The second-order valence-electron chi connectivity index (χ2n) is 8.80. The van der Waals surface area contributed by atoms with E-state index in [9.17, 15) is 18.0 Å². The van der Waals surface area contributed by atoms with E-state index in [2.05, 4.69) is 5.32 Å². The minimum atomic E-state index is -4.25. The van der Waals surface area contributed by atoms with Crippen molar-refractivity contribution in [1.29, 1.82) is 0 Å². The molecule has 0 spiro atoms. The van der Waals surface area contributed by atoms with E-state index in [4.69, 9.17) is 21.1 Å². The van der Waals surface area contributed by atoms with Gasteiger partial charge in [0.25, 0.3) is 10.0 Å². The normalized spacial score (nSPS) is 11.8. The van der Waals surface area contributed by atoms with Crippen LogP contribution in [0, 0.1) is 6.92 Å². The van der Waals surface area contributed by atoms with Gasteiger partial charge >= 0.3 is 0 Å². The molecule has 11 heteroatoms. The Morgan fingerprint density at radius 1 is 0.974 bits per heavy atom. The summed E-state index contributed by atoms with van der Waals surface area (Å²) in [7, 11) is 0.165. The molecule has 0 saturated heterocycles. The molecular formula is C28H32ClN3O6S. The van der Waals surface area contributed by atoms with E-state index in [1.807, 2.05) is 6.92 Å². The number of hydrogen-bond acceptors (Lipinski definition) is 6. The van der Waals surface area contributed by atoms with E-state index in [1.165, 1.54) is 43.3 Å². The molecule has 0 aliphatic heterocycles. The molecule has 0 radical (unpaired) electrons. The molecule has 3 aromatic rings. The zero-order valence-electron chi connectivity index (χ0n) is 22.5. The smallest absolute Gasteiger partial charge is 0.264 e. The Bertz CT molecular complexity index is 1410. The molecule has 0 bridgehead atoms. The number of sulfonamides is 1. The summed E-state index contributed by atoms with van der Waals surface area (Å²) in [6, 6.07) is 17.0. The number of ether oxygens (including phenoxy) is 2. The lowest BCUT2D eigenvalue weighted by Gasteiger charge is -2.32. The predicted octanol–water partition coefficient (Wildman–Crippen LogP) is 4.02. The molecule has 0 aliphatic carbocycles. The molecule has 0 heterocycles. The van der Waals surface area contributed by atoms with Crippen LogP contribution in [0.3, 0.4) is 0 Å². The lowest BCUT2D eigenvalue weighted by molar-refractivity contribution is -0.139. The molecule has 0 aromatic heterocycles. The summed E-state index contributed by atoms with van der Waals surface area (Å²) in [5.74, 6) is -0.145. The van der Waals surface area contributed by atoms with Crippen molar-refractivity contribution in [2.24, 2.45) is 0 Å². The van der Waals surface area contributed by atoms with Crippen LogP contribution in [0.25, 0.3) is 0 Å². The van der Waals surface area contributed by atoms with Crippen LogP contribution in [0.15, 0.2) is 71.6 Å². The summed E-state index contributed by atoms with van der Waals surface area (Å²) < 4.78 is 39.5. The SMILES string of the molecule is CNC(=O)[C@H](C)N(Cc1ccc(OC)cc1)C(=O)CN(c1cc(Cl)ccc1OC)S(=O)(=O)c1ccc(C)cc1. The molecule has 0 fully saturated rings. The maximum atomic E-state index is 13.9. The highest BCUT2D eigenvalue weighted by atomic mass is 35.5. The standard InChI is InChI=1S/C28H32ClN3O6S/c1-19-6-13-24(14-7-19)39(35,36)32(25-16-22(29)10-15-26(25)38-5)18-27(33)31(20(2)28(34)30-3)17-21-8-11-23(37-4)12-9-21/h6-16,20H,17-18H2,1-5H3,(H,30,34)/t20-/m0/s1. The Balaban J connectivity index is 2.09. The highest BCUT2D eigenvalue weighted by Crippen LogP contribution is 2.35. The van der Waals surface area contributed by atoms with Gasteiger partial charge in [-0.3, -0.25) is 13.9 Å². The number of rotatable bonds is 11. The first-order valence-corrected chi connectivity index (χ1v) is 13.9. The van der Waals surface area contributed by atoms with Crippen molar-refractivity contribution in [3.8, 4) is 11.5 Å². The number of halogens is 1. The monoisotopic (exact) mass is 573 g/mol. The van der Waals surface area contributed by atoms with Gasteiger partial charge in [0.15, 0.2) is 0 Å². The number of aryl methyl sites for hydroxylation is 1. The summed E-state index contributed by atoms with van der Waals surface area (Å²) in [5, 5.41) is 2.81. The van der Waals surface area contributed by atoms with Crippen molar-refractivity contribution >= 4 is 39.1 Å². The topological polar surface area (TPSA) is 105 Å². The van der Waals surface area contributed by atoms with Crippen LogP contribution in [0.4, 0.5) is 5.69 Å². The molecule has 2 amide bonds. The Morgan fingerprint density at radius 3 is 2.18 bits per heavy atom. The van der Waals surface area contributed by atoms with E-state index in [0.29, 0.717) is 5.75 Å². The van der Waals surface area contributed by atoms with Crippen molar-refractivity contribution in [3.63, 3.8) is 0 Å². The van der Waals surface area contributed by atoms with Crippen molar-refractivity contribution in [3.05, 3.63) is 82.9 Å². The number of benzene rings is 3. The third-order valence-electron chi connectivity index (χ3n) is 6.22. The fraction of sp³-hybridized carbons (Fsp3) is 0.286. The van der Waals surface area contributed by atoms with E-state index in [-0.39, 0.29) is 27.9 Å². The van der Waals surface area contributed by atoms with E-state index in [0.717, 1.165) is 15.4 Å². The van der Waals surface area contributed by atoms with Gasteiger partial charge in [0.1, 0.15) is 24.1 Å². The van der Waals surface area contributed by atoms with Gasteiger partial charge in [0, 0.05) is 18.6 Å². The number of amides is 2. The van der Waals surface area contributed by atoms with Crippen LogP contribution in [-0.2, 0) is 26.2 Å². The quantitative estimate of drug-likeness (QED) is 0.371. The molecule has 208 valence electrons. The average molecular weight is 574 g/mol. The fourth-order valence-electron chi connectivity index (χ4n) is 3.93. The Hall–Kier alpha value is -3.76. The molecule has 9 nitrogen and oxygen atoms in total. The summed E-state index contributed by atoms with van der Waals surface area (Å²) in [6.45, 7) is 2.88. The van der Waals surface area contributed by atoms with Gasteiger partial charge in [-0.05, 0) is 61.9 Å². The van der Waals surface area contributed by atoms with Crippen molar-refractivity contribution in [2.45, 2.75) is 31.3 Å². The second kappa shape index (κ2) is 12.9. The summed E-state index contributed by atoms with van der Waals surface area (Å²) in [4.78, 5) is 27.8. The largest absolute Gasteiger partial charge is 0.497 e. The Kier molecular flexibility index (Phi) is 9.82. The number of methoxy groups -OCH3 is 2. The van der Waals surface area contributed by atoms with Gasteiger partial charge in [-0.15, -0.1) is 0 Å². The highest BCUT2D eigenvalue weighted by Gasteiger charge is 2.33. The third kappa shape index (κ3) is 7.01. The molecule has 1 atom stereocenters. The fourth-order valence-corrected chi connectivity index (χ4v) is 5.51. The zero-order chi connectivity index (χ0) is 28.7. The molecule has 1 N–H and O–H groups in total. The van der Waals surface area contributed by atoms with Crippen LogP contribution in [0.1, 0.15) is 18.1 Å². The minimum absolute atomic E-state index is 0.0102. The highest BCUT2D eigenvalue weighted by molar-refractivity contribution is 7.92. The number of carbonyl (C=O) groups excluding carboxylic acids is 2. The van der Waals surface area contributed by atoms with Crippen LogP contribution in [0.2, 0.25) is 5.02 Å². The average Bonchev–Trinajstić information content (AvgIpc) is 2.94. The summed E-state index contributed by atoms with van der Waals surface area (Å²) in [6.07, 6.45) is 0. The first-order chi connectivity index (χ1) is 18.5. The zero-order valence-corrected chi connectivity index (χ0v) is 24.0. The van der Waals surface area contributed by atoms with Gasteiger partial charge in [0.2, 0.25) is 11.8 Å². The predicted molar refractivity (Wildman–Crippen MR) is 151 cm³/mol. The van der Waals surface area contributed by atoms with Crippen molar-refractivity contribution in [1.82, 2.24) is 10.2 Å². The minimum Gasteiger partial charge on any atom is -0.497 e. The Morgan fingerprint density at radius 2 is 1.62 bits per heavy atom. The third-order valence-corrected chi connectivity index (χ3v) is 8.23. The van der Waals surface area contributed by atoms with E-state index < -0.39 is 34.4 Å². The molecule has 0 unspecified atom stereocenters.